The van der Waals surface area contributed by atoms with Gasteiger partial charge in [-0.05, 0) is 19.1 Å². The second-order valence-electron chi connectivity index (χ2n) is 2.89. The monoisotopic (exact) mass is 213 g/mol. The van der Waals surface area contributed by atoms with Gasteiger partial charge in [0.25, 0.3) is 6.43 Å². The van der Waals surface area contributed by atoms with E-state index in [4.69, 9.17) is 5.26 Å². The van der Waals surface area contributed by atoms with Crippen LogP contribution in [0.25, 0.3) is 0 Å². The quantitative estimate of drug-likeness (QED) is 0.708. The molecule has 0 heterocycles. The zero-order valence-corrected chi connectivity index (χ0v) is 7.72. The number of nitriles is 1. The molecule has 0 aromatic heterocycles. The van der Waals surface area contributed by atoms with Crippen molar-refractivity contribution < 1.29 is 18.0 Å². The fraction of sp³-hybridized carbons (Fsp3) is 0.200. The topological polar surface area (TPSA) is 40.9 Å². The van der Waals surface area contributed by atoms with Crippen molar-refractivity contribution in [2.24, 2.45) is 0 Å². The summed E-state index contributed by atoms with van der Waals surface area (Å²) in [5, 5.41) is 8.55. The van der Waals surface area contributed by atoms with Gasteiger partial charge in [0.05, 0.1) is 17.2 Å². The molecule has 0 N–H and O–H groups in total. The van der Waals surface area contributed by atoms with Crippen molar-refractivity contribution in [3.8, 4) is 6.07 Å². The number of benzene rings is 1. The van der Waals surface area contributed by atoms with E-state index in [2.05, 4.69) is 0 Å². The van der Waals surface area contributed by atoms with Crippen LogP contribution < -0.4 is 0 Å². The molecule has 1 rings (SSSR count). The molecule has 0 spiro atoms. The van der Waals surface area contributed by atoms with Gasteiger partial charge in [0.2, 0.25) is 0 Å². The lowest BCUT2D eigenvalue weighted by Crippen LogP contribution is -2.01. The van der Waals surface area contributed by atoms with Crippen LogP contribution in [0.1, 0.15) is 34.8 Å². The van der Waals surface area contributed by atoms with Crippen molar-refractivity contribution in [3.05, 3.63) is 34.6 Å². The smallest absolute Gasteiger partial charge is 0.265 e. The second kappa shape index (κ2) is 4.13. The molecule has 0 aliphatic carbocycles. The zero-order chi connectivity index (χ0) is 11.6. The first-order chi connectivity index (χ1) is 6.97. The lowest BCUT2D eigenvalue weighted by atomic mass is 10.0. The van der Waals surface area contributed by atoms with Crippen LogP contribution in [-0.2, 0) is 0 Å². The highest BCUT2D eigenvalue weighted by atomic mass is 19.3. The molecule has 0 amide bonds. The van der Waals surface area contributed by atoms with Crippen molar-refractivity contribution in [2.75, 3.05) is 0 Å². The van der Waals surface area contributed by atoms with E-state index in [1.54, 1.807) is 0 Å². The third-order valence-corrected chi connectivity index (χ3v) is 1.87. The van der Waals surface area contributed by atoms with Crippen molar-refractivity contribution in [2.45, 2.75) is 13.3 Å². The predicted octanol–water partition coefficient (Wildman–Crippen LogP) is 2.84. The van der Waals surface area contributed by atoms with Gasteiger partial charge in [-0.2, -0.15) is 5.26 Å². The van der Waals surface area contributed by atoms with Crippen molar-refractivity contribution in [1.82, 2.24) is 0 Å². The molecule has 0 radical (unpaired) electrons. The Morgan fingerprint density at radius 3 is 2.47 bits per heavy atom. The minimum atomic E-state index is -2.94. The summed E-state index contributed by atoms with van der Waals surface area (Å²) in [5.41, 5.74) is -1.42. The number of ketones is 1. The van der Waals surface area contributed by atoms with E-state index in [0.717, 1.165) is 13.0 Å². The Bertz CT molecular complexity index is 449. The Morgan fingerprint density at radius 2 is 2.07 bits per heavy atom. The van der Waals surface area contributed by atoms with Crippen LogP contribution in [0.15, 0.2) is 12.1 Å². The van der Waals surface area contributed by atoms with E-state index < -0.39 is 23.6 Å². The molecular formula is C10H6F3NO. The molecule has 0 aliphatic heterocycles. The fourth-order valence-electron chi connectivity index (χ4n) is 1.14. The van der Waals surface area contributed by atoms with Gasteiger partial charge in [-0.25, -0.2) is 13.2 Å². The molecule has 0 aliphatic rings. The SMILES string of the molecule is CC(=O)c1cc(C#N)c(C(F)F)cc1F. The number of nitrogens with zero attached hydrogens (tertiary/aromatic N) is 1. The normalized spacial score (nSPS) is 10.1. The van der Waals surface area contributed by atoms with Crippen LogP contribution >= 0.6 is 0 Å². The highest BCUT2D eigenvalue weighted by molar-refractivity contribution is 5.94. The van der Waals surface area contributed by atoms with Crippen LogP contribution in [0.5, 0.6) is 0 Å². The number of halogens is 3. The van der Waals surface area contributed by atoms with E-state index in [1.165, 1.54) is 6.07 Å². The number of carbonyl (C=O) groups is 1. The largest absolute Gasteiger partial charge is 0.294 e. The van der Waals surface area contributed by atoms with Gasteiger partial charge in [0.15, 0.2) is 5.78 Å². The summed E-state index contributed by atoms with van der Waals surface area (Å²) in [6.45, 7) is 1.10. The molecule has 0 unspecified atom stereocenters. The van der Waals surface area contributed by atoms with E-state index in [-0.39, 0.29) is 11.1 Å². The Hall–Kier alpha value is -1.83. The van der Waals surface area contributed by atoms with Gasteiger partial charge in [-0.15, -0.1) is 0 Å². The summed E-state index contributed by atoms with van der Waals surface area (Å²) in [4.78, 5) is 10.9. The predicted molar refractivity (Wildman–Crippen MR) is 46.1 cm³/mol. The van der Waals surface area contributed by atoms with E-state index in [9.17, 15) is 18.0 Å². The molecule has 15 heavy (non-hydrogen) atoms. The van der Waals surface area contributed by atoms with Gasteiger partial charge in [0, 0.05) is 5.56 Å². The highest BCUT2D eigenvalue weighted by Gasteiger charge is 2.18. The number of carbonyl (C=O) groups excluding carboxylic acids is 1. The number of alkyl halides is 2. The first kappa shape index (κ1) is 11.2. The molecule has 0 saturated heterocycles. The first-order valence-corrected chi connectivity index (χ1v) is 4.00. The van der Waals surface area contributed by atoms with E-state index >= 15 is 0 Å². The van der Waals surface area contributed by atoms with Crippen molar-refractivity contribution in [3.63, 3.8) is 0 Å². The minimum Gasteiger partial charge on any atom is -0.294 e. The Morgan fingerprint density at radius 1 is 1.47 bits per heavy atom. The average Bonchev–Trinajstić information content (AvgIpc) is 2.16. The maximum absolute atomic E-state index is 13.1. The summed E-state index contributed by atoms with van der Waals surface area (Å²) in [6, 6.07) is 2.87. The van der Waals surface area contributed by atoms with Crippen LogP contribution in [-0.4, -0.2) is 5.78 Å². The van der Waals surface area contributed by atoms with Crippen LogP contribution in [0.4, 0.5) is 13.2 Å². The standard InChI is InChI=1S/C10H6F3NO/c1-5(15)7-2-6(4-14)8(10(12)13)3-9(7)11/h2-3,10H,1H3. The zero-order valence-electron chi connectivity index (χ0n) is 7.72. The molecule has 0 atom stereocenters. The lowest BCUT2D eigenvalue weighted by Gasteiger charge is -2.05. The second-order valence-corrected chi connectivity index (χ2v) is 2.89. The maximum atomic E-state index is 13.1. The number of hydrogen-bond acceptors (Lipinski definition) is 2. The maximum Gasteiger partial charge on any atom is 0.265 e. The first-order valence-electron chi connectivity index (χ1n) is 4.00. The average molecular weight is 213 g/mol. The molecule has 1 aromatic rings. The van der Waals surface area contributed by atoms with Gasteiger partial charge >= 0.3 is 0 Å². The molecular weight excluding hydrogens is 207 g/mol. The van der Waals surface area contributed by atoms with E-state index in [0.29, 0.717) is 6.07 Å². The van der Waals surface area contributed by atoms with Gasteiger partial charge < -0.3 is 0 Å². The van der Waals surface area contributed by atoms with Gasteiger partial charge in [-0.3, -0.25) is 4.79 Å². The molecule has 0 bridgehead atoms. The Labute approximate surface area is 83.9 Å². The molecule has 1 aromatic carbocycles. The summed E-state index contributed by atoms with van der Waals surface area (Å²) >= 11 is 0. The van der Waals surface area contributed by atoms with Crippen molar-refractivity contribution in [1.29, 1.82) is 5.26 Å². The summed E-state index contributed by atoms with van der Waals surface area (Å²) < 4.78 is 37.8. The van der Waals surface area contributed by atoms with Crippen molar-refractivity contribution >= 4 is 5.78 Å². The van der Waals surface area contributed by atoms with Crippen LogP contribution in [0.3, 0.4) is 0 Å². The molecule has 2 nitrogen and oxygen atoms in total. The third kappa shape index (κ3) is 2.15. The van der Waals surface area contributed by atoms with Gasteiger partial charge in [-0.1, -0.05) is 0 Å². The van der Waals surface area contributed by atoms with Crippen LogP contribution in [0, 0.1) is 17.1 Å². The number of hydrogen-bond donors (Lipinski definition) is 0. The third-order valence-electron chi connectivity index (χ3n) is 1.87. The van der Waals surface area contributed by atoms with E-state index in [1.807, 2.05) is 0 Å². The Kier molecular flexibility index (Phi) is 3.10. The van der Waals surface area contributed by atoms with Gasteiger partial charge in [0.1, 0.15) is 5.82 Å². The highest BCUT2D eigenvalue weighted by Crippen LogP contribution is 2.25. The molecule has 0 saturated carbocycles. The summed E-state index contributed by atoms with van der Waals surface area (Å²) in [6.07, 6.45) is -2.94. The summed E-state index contributed by atoms with van der Waals surface area (Å²) in [5.74, 6) is -1.64. The Balaban J connectivity index is 3.44. The minimum absolute atomic E-state index is 0.351. The molecule has 5 heteroatoms. The molecule has 0 fully saturated rings. The lowest BCUT2D eigenvalue weighted by molar-refractivity contribution is 0.101. The fourth-order valence-corrected chi connectivity index (χ4v) is 1.14. The van der Waals surface area contributed by atoms with Crippen LogP contribution in [0.2, 0.25) is 0 Å². The number of rotatable bonds is 2. The number of Topliss-reactive ketones (excluding diaryl/α,β-unsaturated/α-hetero) is 1. The molecule has 78 valence electrons. The summed E-state index contributed by atoms with van der Waals surface area (Å²) in [7, 11) is 0.